The second kappa shape index (κ2) is 10.4. The van der Waals surface area contributed by atoms with Crippen molar-refractivity contribution >= 4 is 5.97 Å². The van der Waals surface area contributed by atoms with Gasteiger partial charge in [0.05, 0.1) is 11.0 Å². The molecule has 0 bridgehead atoms. The lowest BCUT2D eigenvalue weighted by Crippen LogP contribution is -2.41. The van der Waals surface area contributed by atoms with Crippen molar-refractivity contribution in [3.05, 3.63) is 64.7 Å². The van der Waals surface area contributed by atoms with Gasteiger partial charge in [0.2, 0.25) is 0 Å². The molecule has 0 N–H and O–H groups in total. The molecule has 30 heavy (non-hydrogen) atoms. The maximum absolute atomic E-state index is 13.5. The highest BCUT2D eigenvalue weighted by molar-refractivity contribution is 5.85. The van der Waals surface area contributed by atoms with Crippen molar-refractivity contribution in [3.63, 3.8) is 0 Å². The van der Waals surface area contributed by atoms with Gasteiger partial charge in [0.15, 0.2) is 0 Å². The fourth-order valence-electron chi connectivity index (χ4n) is 4.53. The number of ether oxygens (including phenoxy) is 1. The minimum atomic E-state index is -0.614. The molecule has 3 rings (SSSR count). The smallest absolute Gasteiger partial charge is 0.321 e. The largest absolute Gasteiger partial charge is 0.424 e. The Kier molecular flexibility index (Phi) is 7.69. The summed E-state index contributed by atoms with van der Waals surface area (Å²) in [5.41, 5.74) is 3.30. The third kappa shape index (κ3) is 4.93. The normalized spacial score (nSPS) is 15.4. The zero-order chi connectivity index (χ0) is 21.4. The van der Waals surface area contributed by atoms with E-state index in [9.17, 15) is 10.1 Å². The standard InChI is InChI=1S/C27H33NO2/c1-3-5-10-22-13-16-25(23(19-22)20-28)30-26(29)27(17-7-6-8-18-27)24-14-11-21(9-4-2)12-15-24/h11-16,19H,3-10,17-18H2,1-2H3. The van der Waals surface area contributed by atoms with Crippen molar-refractivity contribution in [1.29, 1.82) is 5.26 Å². The molecule has 0 aliphatic heterocycles. The van der Waals surface area contributed by atoms with Crippen LogP contribution in [-0.2, 0) is 23.1 Å². The summed E-state index contributed by atoms with van der Waals surface area (Å²) in [6.07, 6.45) is 10.1. The van der Waals surface area contributed by atoms with Gasteiger partial charge in [-0.1, -0.05) is 76.3 Å². The molecule has 0 radical (unpaired) electrons. The van der Waals surface area contributed by atoms with Gasteiger partial charge in [-0.3, -0.25) is 4.79 Å². The van der Waals surface area contributed by atoms with Crippen molar-refractivity contribution < 1.29 is 9.53 Å². The van der Waals surface area contributed by atoms with Gasteiger partial charge in [-0.15, -0.1) is 0 Å². The van der Waals surface area contributed by atoms with E-state index in [4.69, 9.17) is 4.74 Å². The van der Waals surface area contributed by atoms with Gasteiger partial charge in [0, 0.05) is 0 Å². The fraction of sp³-hybridized carbons (Fsp3) is 0.481. The minimum Gasteiger partial charge on any atom is -0.424 e. The number of carbonyl (C=O) groups is 1. The molecule has 0 atom stereocenters. The molecule has 1 saturated carbocycles. The molecule has 0 spiro atoms. The van der Waals surface area contributed by atoms with Crippen LogP contribution in [0, 0.1) is 11.3 Å². The average Bonchev–Trinajstić information content (AvgIpc) is 2.79. The van der Waals surface area contributed by atoms with Crippen molar-refractivity contribution in [2.75, 3.05) is 0 Å². The van der Waals surface area contributed by atoms with Crippen LogP contribution in [0.5, 0.6) is 5.75 Å². The number of carbonyl (C=O) groups excluding carboxylic acids is 1. The SMILES string of the molecule is CCCCc1ccc(OC(=O)C2(c3ccc(CCC)cc3)CCCCC2)c(C#N)c1. The second-order valence-electron chi connectivity index (χ2n) is 8.53. The number of rotatable bonds is 8. The second-order valence-corrected chi connectivity index (χ2v) is 8.53. The highest BCUT2D eigenvalue weighted by Crippen LogP contribution is 2.41. The van der Waals surface area contributed by atoms with E-state index in [2.05, 4.69) is 44.2 Å². The molecule has 0 saturated heterocycles. The Bertz CT molecular complexity index is 886. The number of unbranched alkanes of at least 4 members (excludes halogenated alkanes) is 1. The predicted molar refractivity (Wildman–Crippen MR) is 121 cm³/mol. The summed E-state index contributed by atoms with van der Waals surface area (Å²) in [6, 6.07) is 16.4. The first-order valence-corrected chi connectivity index (χ1v) is 11.5. The quantitative estimate of drug-likeness (QED) is 0.366. The molecule has 3 nitrogen and oxygen atoms in total. The molecule has 1 fully saturated rings. The molecule has 158 valence electrons. The zero-order valence-corrected chi connectivity index (χ0v) is 18.4. The lowest BCUT2D eigenvalue weighted by molar-refractivity contribution is -0.142. The van der Waals surface area contributed by atoms with Crippen LogP contribution in [0.3, 0.4) is 0 Å². The maximum Gasteiger partial charge on any atom is 0.321 e. The number of esters is 1. The first-order valence-electron chi connectivity index (χ1n) is 11.5. The number of hydrogen-bond acceptors (Lipinski definition) is 3. The van der Waals surface area contributed by atoms with Gasteiger partial charge in [0.1, 0.15) is 11.8 Å². The van der Waals surface area contributed by atoms with Gasteiger partial charge in [-0.25, -0.2) is 0 Å². The van der Waals surface area contributed by atoms with E-state index in [0.29, 0.717) is 11.3 Å². The maximum atomic E-state index is 13.5. The summed E-state index contributed by atoms with van der Waals surface area (Å²) in [6.45, 7) is 4.33. The molecule has 2 aromatic carbocycles. The molecule has 0 unspecified atom stereocenters. The van der Waals surface area contributed by atoms with E-state index in [1.165, 1.54) is 5.56 Å². The number of aryl methyl sites for hydroxylation is 2. The van der Waals surface area contributed by atoms with Crippen LogP contribution in [-0.4, -0.2) is 5.97 Å². The Morgan fingerprint density at radius 1 is 0.967 bits per heavy atom. The fourth-order valence-corrected chi connectivity index (χ4v) is 4.53. The first kappa shape index (κ1) is 22.1. The van der Waals surface area contributed by atoms with Crippen molar-refractivity contribution in [2.24, 2.45) is 0 Å². The van der Waals surface area contributed by atoms with Gasteiger partial charge >= 0.3 is 5.97 Å². The molecule has 0 amide bonds. The third-order valence-electron chi connectivity index (χ3n) is 6.33. The lowest BCUT2D eigenvalue weighted by Gasteiger charge is -2.35. The van der Waals surface area contributed by atoms with Gasteiger partial charge < -0.3 is 4.74 Å². The van der Waals surface area contributed by atoms with E-state index in [-0.39, 0.29) is 5.97 Å². The summed E-state index contributed by atoms with van der Waals surface area (Å²) in [5, 5.41) is 9.61. The Labute approximate surface area is 181 Å². The summed E-state index contributed by atoms with van der Waals surface area (Å²) in [5.74, 6) is 0.165. The molecule has 3 heteroatoms. The number of nitriles is 1. The Morgan fingerprint density at radius 3 is 2.30 bits per heavy atom. The Hall–Kier alpha value is -2.60. The monoisotopic (exact) mass is 403 g/mol. The molecule has 0 aromatic heterocycles. The van der Waals surface area contributed by atoms with Crippen LogP contribution in [0.2, 0.25) is 0 Å². The van der Waals surface area contributed by atoms with Gasteiger partial charge in [0.25, 0.3) is 0 Å². The number of benzene rings is 2. The summed E-state index contributed by atoms with van der Waals surface area (Å²) < 4.78 is 5.91. The molecule has 2 aromatic rings. The molecular weight excluding hydrogens is 370 g/mol. The van der Waals surface area contributed by atoms with Crippen LogP contribution in [0.25, 0.3) is 0 Å². The number of nitrogens with zero attached hydrogens (tertiary/aromatic N) is 1. The molecule has 1 aliphatic carbocycles. The van der Waals surface area contributed by atoms with E-state index < -0.39 is 5.41 Å². The topological polar surface area (TPSA) is 50.1 Å². The summed E-state index contributed by atoms with van der Waals surface area (Å²) >= 11 is 0. The van der Waals surface area contributed by atoms with Crippen molar-refractivity contribution in [2.45, 2.75) is 83.5 Å². The summed E-state index contributed by atoms with van der Waals surface area (Å²) in [4.78, 5) is 13.5. The molecule has 0 heterocycles. The van der Waals surface area contributed by atoms with Crippen LogP contribution >= 0.6 is 0 Å². The van der Waals surface area contributed by atoms with Crippen LogP contribution < -0.4 is 4.74 Å². The lowest BCUT2D eigenvalue weighted by atomic mass is 9.69. The Morgan fingerprint density at radius 2 is 1.67 bits per heavy atom. The van der Waals surface area contributed by atoms with Gasteiger partial charge in [-0.2, -0.15) is 5.26 Å². The van der Waals surface area contributed by atoms with E-state index >= 15 is 0 Å². The average molecular weight is 404 g/mol. The van der Waals surface area contributed by atoms with Gasteiger partial charge in [-0.05, 0) is 60.9 Å². The summed E-state index contributed by atoms with van der Waals surface area (Å²) in [7, 11) is 0. The van der Waals surface area contributed by atoms with E-state index in [1.54, 1.807) is 6.07 Å². The van der Waals surface area contributed by atoms with E-state index in [0.717, 1.165) is 75.3 Å². The molecular formula is C27H33NO2. The highest BCUT2D eigenvalue weighted by Gasteiger charge is 2.43. The zero-order valence-electron chi connectivity index (χ0n) is 18.4. The van der Waals surface area contributed by atoms with E-state index in [1.807, 2.05) is 12.1 Å². The minimum absolute atomic E-state index is 0.219. The van der Waals surface area contributed by atoms with Crippen LogP contribution in [0.1, 0.15) is 87.5 Å². The van der Waals surface area contributed by atoms with Crippen LogP contribution in [0.4, 0.5) is 0 Å². The van der Waals surface area contributed by atoms with Crippen molar-refractivity contribution in [1.82, 2.24) is 0 Å². The van der Waals surface area contributed by atoms with Crippen molar-refractivity contribution in [3.8, 4) is 11.8 Å². The third-order valence-corrected chi connectivity index (χ3v) is 6.33. The Balaban J connectivity index is 1.87. The highest BCUT2D eigenvalue weighted by atomic mass is 16.5. The molecule has 1 aliphatic rings. The first-order chi connectivity index (χ1) is 14.6. The van der Waals surface area contributed by atoms with Crippen LogP contribution in [0.15, 0.2) is 42.5 Å². The number of hydrogen-bond donors (Lipinski definition) is 0. The predicted octanol–water partition coefficient (Wildman–Crippen LogP) is 6.66.